The molecule has 0 unspecified atom stereocenters. The Kier molecular flexibility index (Phi) is 6.83. The van der Waals surface area contributed by atoms with Crippen LogP contribution in [0, 0.1) is 5.82 Å². The van der Waals surface area contributed by atoms with E-state index in [1.165, 1.54) is 12.1 Å². The van der Waals surface area contributed by atoms with Crippen LogP contribution in [0.5, 0.6) is 17.2 Å². The lowest BCUT2D eigenvalue weighted by Crippen LogP contribution is -2.28. The van der Waals surface area contributed by atoms with Gasteiger partial charge in [-0.25, -0.2) is 4.39 Å². The quantitative estimate of drug-likeness (QED) is 0.675. The Morgan fingerprint density at radius 3 is 2.24 bits per heavy atom. The summed E-state index contributed by atoms with van der Waals surface area (Å²) in [7, 11) is 4.68. The second-order valence-corrected chi connectivity index (χ2v) is 6.23. The van der Waals surface area contributed by atoms with Crippen molar-refractivity contribution in [1.82, 2.24) is 5.32 Å². The van der Waals surface area contributed by atoms with Gasteiger partial charge in [0, 0.05) is 11.0 Å². The van der Waals surface area contributed by atoms with Gasteiger partial charge in [0.1, 0.15) is 5.82 Å². The molecule has 2 aromatic carbocycles. The van der Waals surface area contributed by atoms with Crippen LogP contribution in [0.15, 0.2) is 34.8 Å². The number of halogens is 2. The number of rotatable bonds is 6. The summed E-state index contributed by atoms with van der Waals surface area (Å²) in [6, 6.07) is 8.00. The summed E-state index contributed by atoms with van der Waals surface area (Å²) in [5.74, 6) is 1.34. The molecule has 0 amide bonds. The maximum atomic E-state index is 13.1. The molecular formula is C17H18BrFN2O3S. The minimum atomic E-state index is -0.325. The molecule has 0 aliphatic rings. The predicted octanol–water partition coefficient (Wildman–Crippen LogP) is 4.10. The summed E-state index contributed by atoms with van der Waals surface area (Å²) in [5, 5.41) is 6.49. The van der Waals surface area contributed by atoms with Crippen LogP contribution < -0.4 is 24.8 Å². The summed E-state index contributed by atoms with van der Waals surface area (Å²) in [4.78, 5) is 0. The zero-order valence-corrected chi connectivity index (χ0v) is 16.4. The molecule has 0 saturated carbocycles. The monoisotopic (exact) mass is 428 g/mol. The number of nitrogens with one attached hydrogen (secondary N) is 2. The van der Waals surface area contributed by atoms with Gasteiger partial charge in [-0.3, -0.25) is 0 Å². The molecule has 0 bridgehead atoms. The van der Waals surface area contributed by atoms with Crippen LogP contribution in [0.3, 0.4) is 0 Å². The van der Waals surface area contributed by atoms with E-state index in [1.807, 2.05) is 12.1 Å². The molecule has 25 heavy (non-hydrogen) atoms. The van der Waals surface area contributed by atoms with E-state index in [-0.39, 0.29) is 5.82 Å². The van der Waals surface area contributed by atoms with Crippen LogP contribution in [-0.2, 0) is 6.54 Å². The highest BCUT2D eigenvalue weighted by Gasteiger charge is 2.13. The highest BCUT2D eigenvalue weighted by atomic mass is 79.9. The van der Waals surface area contributed by atoms with E-state index < -0.39 is 0 Å². The van der Waals surface area contributed by atoms with Gasteiger partial charge in [0.25, 0.3) is 0 Å². The molecule has 0 aliphatic heterocycles. The van der Waals surface area contributed by atoms with E-state index >= 15 is 0 Å². The Morgan fingerprint density at radius 1 is 1.08 bits per heavy atom. The first-order valence-electron chi connectivity index (χ1n) is 7.27. The average Bonchev–Trinajstić information content (AvgIpc) is 2.61. The highest BCUT2D eigenvalue weighted by molar-refractivity contribution is 9.10. The Bertz CT molecular complexity index is 749. The minimum Gasteiger partial charge on any atom is -0.493 e. The number of benzene rings is 2. The molecule has 2 N–H and O–H groups in total. The molecule has 0 spiro atoms. The third-order valence-corrected chi connectivity index (χ3v) is 4.26. The maximum Gasteiger partial charge on any atom is 0.203 e. The van der Waals surface area contributed by atoms with Crippen LogP contribution in [0.25, 0.3) is 0 Å². The molecule has 0 heterocycles. The largest absolute Gasteiger partial charge is 0.493 e. The van der Waals surface area contributed by atoms with Crippen molar-refractivity contribution in [2.24, 2.45) is 0 Å². The molecular weight excluding hydrogens is 411 g/mol. The molecule has 134 valence electrons. The first-order valence-corrected chi connectivity index (χ1v) is 8.47. The molecule has 0 atom stereocenters. The minimum absolute atomic E-state index is 0.325. The Balaban J connectivity index is 2.06. The van der Waals surface area contributed by atoms with Gasteiger partial charge in [-0.05, 0) is 64.0 Å². The van der Waals surface area contributed by atoms with Crippen molar-refractivity contribution in [2.75, 3.05) is 26.6 Å². The van der Waals surface area contributed by atoms with E-state index in [1.54, 1.807) is 27.4 Å². The van der Waals surface area contributed by atoms with Crippen molar-refractivity contribution in [3.05, 3.63) is 46.2 Å². The number of hydrogen-bond donors (Lipinski definition) is 2. The molecule has 0 aliphatic carbocycles. The van der Waals surface area contributed by atoms with E-state index in [4.69, 9.17) is 26.4 Å². The standard InChI is InChI=1S/C17H18BrFN2O3S/c1-22-14-6-10(7-15(23-2)16(14)24-3)9-20-17(25)21-13-5-4-11(19)8-12(13)18/h4-8H,9H2,1-3H3,(H2,20,21,25). The number of hydrogen-bond acceptors (Lipinski definition) is 4. The first kappa shape index (κ1) is 19.3. The molecule has 0 aromatic heterocycles. The van der Waals surface area contributed by atoms with Gasteiger partial charge in [-0.15, -0.1) is 0 Å². The normalized spacial score (nSPS) is 10.1. The topological polar surface area (TPSA) is 51.8 Å². The van der Waals surface area contributed by atoms with Crippen molar-refractivity contribution in [3.63, 3.8) is 0 Å². The molecule has 2 rings (SSSR count). The third-order valence-electron chi connectivity index (χ3n) is 3.36. The molecule has 5 nitrogen and oxygen atoms in total. The van der Waals surface area contributed by atoms with Gasteiger partial charge in [-0.2, -0.15) is 0 Å². The SMILES string of the molecule is COc1cc(CNC(=S)Nc2ccc(F)cc2Br)cc(OC)c1OC. The zero-order valence-electron chi connectivity index (χ0n) is 14.0. The lowest BCUT2D eigenvalue weighted by atomic mass is 10.2. The maximum absolute atomic E-state index is 13.1. The fourth-order valence-corrected chi connectivity index (χ4v) is 2.81. The Hall–Kier alpha value is -2.06. The second kappa shape index (κ2) is 8.87. The van der Waals surface area contributed by atoms with E-state index in [0.29, 0.717) is 39.1 Å². The number of methoxy groups -OCH3 is 3. The van der Waals surface area contributed by atoms with Gasteiger partial charge >= 0.3 is 0 Å². The van der Waals surface area contributed by atoms with Gasteiger partial charge in [-0.1, -0.05) is 0 Å². The summed E-state index contributed by atoms with van der Waals surface area (Å²) < 4.78 is 29.7. The Morgan fingerprint density at radius 2 is 1.72 bits per heavy atom. The molecule has 0 fully saturated rings. The van der Waals surface area contributed by atoms with Crippen LogP contribution >= 0.6 is 28.1 Å². The van der Waals surface area contributed by atoms with Gasteiger partial charge in [0.2, 0.25) is 5.75 Å². The second-order valence-electron chi connectivity index (χ2n) is 4.97. The van der Waals surface area contributed by atoms with Crippen molar-refractivity contribution in [3.8, 4) is 17.2 Å². The van der Waals surface area contributed by atoms with Gasteiger partial charge in [0.15, 0.2) is 16.6 Å². The lowest BCUT2D eigenvalue weighted by Gasteiger charge is -2.15. The third kappa shape index (κ3) is 4.96. The van der Waals surface area contributed by atoms with Crippen LogP contribution in [0.4, 0.5) is 10.1 Å². The van der Waals surface area contributed by atoms with Crippen LogP contribution in [0.2, 0.25) is 0 Å². The van der Waals surface area contributed by atoms with Crippen LogP contribution in [0.1, 0.15) is 5.56 Å². The molecule has 2 aromatic rings. The van der Waals surface area contributed by atoms with Crippen molar-refractivity contribution in [2.45, 2.75) is 6.54 Å². The van der Waals surface area contributed by atoms with E-state index in [0.717, 1.165) is 5.56 Å². The Labute approximate surface area is 159 Å². The van der Waals surface area contributed by atoms with Gasteiger partial charge < -0.3 is 24.8 Å². The van der Waals surface area contributed by atoms with Crippen molar-refractivity contribution in [1.29, 1.82) is 0 Å². The smallest absolute Gasteiger partial charge is 0.203 e. The summed E-state index contributed by atoms with van der Waals surface area (Å²) in [6.07, 6.45) is 0. The van der Waals surface area contributed by atoms with Crippen molar-refractivity contribution >= 4 is 38.9 Å². The zero-order chi connectivity index (χ0) is 18.4. The summed E-state index contributed by atoms with van der Waals surface area (Å²) in [6.45, 7) is 0.446. The average molecular weight is 429 g/mol. The van der Waals surface area contributed by atoms with Gasteiger partial charge in [0.05, 0.1) is 27.0 Å². The molecule has 8 heteroatoms. The lowest BCUT2D eigenvalue weighted by molar-refractivity contribution is 0.323. The number of thiocarbonyl (C=S) groups is 1. The predicted molar refractivity (Wildman–Crippen MR) is 103 cm³/mol. The van der Waals surface area contributed by atoms with E-state index in [9.17, 15) is 4.39 Å². The first-order chi connectivity index (χ1) is 12.0. The number of ether oxygens (including phenoxy) is 3. The van der Waals surface area contributed by atoms with Crippen LogP contribution in [-0.4, -0.2) is 26.4 Å². The molecule has 0 radical (unpaired) electrons. The number of anilines is 1. The van der Waals surface area contributed by atoms with E-state index in [2.05, 4.69) is 26.6 Å². The fraction of sp³-hybridized carbons (Fsp3) is 0.235. The van der Waals surface area contributed by atoms with Crippen molar-refractivity contribution < 1.29 is 18.6 Å². The highest BCUT2D eigenvalue weighted by Crippen LogP contribution is 2.38. The molecule has 0 saturated heterocycles. The fourth-order valence-electron chi connectivity index (χ4n) is 2.18. The summed E-state index contributed by atoms with van der Waals surface area (Å²) in [5.41, 5.74) is 1.57. The summed E-state index contributed by atoms with van der Waals surface area (Å²) >= 11 is 8.56.